The second-order valence-electron chi connectivity index (χ2n) is 10.5. The first-order chi connectivity index (χ1) is 19.9. The lowest BCUT2D eigenvalue weighted by Crippen LogP contribution is -2.47. The van der Waals surface area contributed by atoms with Crippen LogP contribution in [0.1, 0.15) is 35.2 Å². The molecular formula is C32H31N5O2S2. The fraction of sp³-hybridized carbons (Fsp3) is 0.250. The van der Waals surface area contributed by atoms with Crippen LogP contribution < -0.4 is 10.5 Å². The van der Waals surface area contributed by atoms with Gasteiger partial charge in [-0.3, -0.25) is 23.8 Å². The first-order valence-corrected chi connectivity index (χ1v) is 15.0. The number of anilines is 1. The zero-order chi connectivity index (χ0) is 28.5. The third kappa shape index (κ3) is 5.57. The van der Waals surface area contributed by atoms with Crippen molar-refractivity contribution in [2.75, 3.05) is 31.1 Å². The molecule has 1 atom stereocenters. The Morgan fingerprint density at radius 3 is 2.34 bits per heavy atom. The third-order valence-corrected chi connectivity index (χ3v) is 9.00. The number of benzene rings is 2. The average Bonchev–Trinajstić information content (AvgIpc) is 3.27. The molecule has 4 heterocycles. The summed E-state index contributed by atoms with van der Waals surface area (Å²) in [6.45, 7) is 7.96. The minimum absolute atomic E-state index is 0.191. The highest BCUT2D eigenvalue weighted by molar-refractivity contribution is 8.26. The molecule has 4 aromatic rings. The molecule has 2 aliphatic heterocycles. The summed E-state index contributed by atoms with van der Waals surface area (Å²) >= 11 is 6.89. The Hall–Kier alpha value is -3.79. The van der Waals surface area contributed by atoms with E-state index in [1.807, 2.05) is 62.4 Å². The Bertz CT molecular complexity index is 1700. The van der Waals surface area contributed by atoms with Gasteiger partial charge in [-0.2, -0.15) is 0 Å². The van der Waals surface area contributed by atoms with Gasteiger partial charge in [0.1, 0.15) is 15.8 Å². The van der Waals surface area contributed by atoms with Gasteiger partial charge < -0.3 is 4.90 Å². The lowest BCUT2D eigenvalue weighted by atomic mass is 10.1. The summed E-state index contributed by atoms with van der Waals surface area (Å²) in [5.74, 6) is 0.420. The van der Waals surface area contributed by atoms with Gasteiger partial charge in [0.2, 0.25) is 0 Å². The van der Waals surface area contributed by atoms with Gasteiger partial charge >= 0.3 is 0 Å². The van der Waals surface area contributed by atoms with E-state index in [2.05, 4.69) is 34.1 Å². The molecule has 6 rings (SSSR count). The number of carbonyl (C=O) groups is 1. The first-order valence-electron chi connectivity index (χ1n) is 13.8. The van der Waals surface area contributed by atoms with Crippen LogP contribution in [0.4, 0.5) is 5.82 Å². The number of hydrogen-bond donors (Lipinski definition) is 0. The maximum absolute atomic E-state index is 13.9. The van der Waals surface area contributed by atoms with Crippen molar-refractivity contribution in [1.82, 2.24) is 19.2 Å². The number of fused-ring (bicyclic) bond motifs is 1. The van der Waals surface area contributed by atoms with E-state index in [1.54, 1.807) is 21.6 Å². The zero-order valence-electron chi connectivity index (χ0n) is 23.1. The normalized spacial score (nSPS) is 18.0. The number of hydrogen-bond acceptors (Lipinski definition) is 7. The molecule has 7 nitrogen and oxygen atoms in total. The van der Waals surface area contributed by atoms with Crippen LogP contribution in [0.25, 0.3) is 11.7 Å². The smallest absolute Gasteiger partial charge is 0.267 e. The predicted octanol–water partition coefficient (Wildman–Crippen LogP) is 5.29. The van der Waals surface area contributed by atoms with Gasteiger partial charge in [0.15, 0.2) is 0 Å². The maximum Gasteiger partial charge on any atom is 0.267 e. The highest BCUT2D eigenvalue weighted by atomic mass is 32.2. The van der Waals surface area contributed by atoms with Gasteiger partial charge in [0, 0.05) is 38.9 Å². The zero-order valence-corrected chi connectivity index (χ0v) is 24.7. The van der Waals surface area contributed by atoms with Crippen molar-refractivity contribution in [1.29, 1.82) is 0 Å². The van der Waals surface area contributed by atoms with Crippen LogP contribution in [0.15, 0.2) is 88.7 Å². The number of nitrogens with zero attached hydrogens (tertiary/aromatic N) is 5. The molecule has 1 unspecified atom stereocenters. The molecule has 0 N–H and O–H groups in total. The van der Waals surface area contributed by atoms with E-state index in [1.165, 1.54) is 17.3 Å². The molecule has 0 saturated carbocycles. The lowest BCUT2D eigenvalue weighted by Gasteiger charge is -2.36. The molecule has 2 aromatic heterocycles. The van der Waals surface area contributed by atoms with Gasteiger partial charge in [0.05, 0.1) is 16.5 Å². The van der Waals surface area contributed by atoms with Crippen molar-refractivity contribution in [2.24, 2.45) is 0 Å². The molecule has 0 radical (unpaired) electrons. The van der Waals surface area contributed by atoms with Gasteiger partial charge in [0.25, 0.3) is 11.5 Å². The Kier molecular flexibility index (Phi) is 7.75. The summed E-state index contributed by atoms with van der Waals surface area (Å²) in [5.41, 5.74) is 4.05. The molecule has 41 heavy (non-hydrogen) atoms. The van der Waals surface area contributed by atoms with Gasteiger partial charge in [-0.05, 0) is 42.7 Å². The molecule has 2 aromatic carbocycles. The number of piperazine rings is 1. The quantitative estimate of drug-likeness (QED) is 0.227. The molecule has 1 amide bonds. The van der Waals surface area contributed by atoms with Crippen LogP contribution in [-0.2, 0) is 11.3 Å². The molecule has 2 fully saturated rings. The van der Waals surface area contributed by atoms with Crippen LogP contribution in [0.3, 0.4) is 0 Å². The largest absolute Gasteiger partial charge is 0.353 e. The minimum Gasteiger partial charge on any atom is -0.353 e. The summed E-state index contributed by atoms with van der Waals surface area (Å²) in [4.78, 5) is 39.2. The number of amides is 1. The Labute approximate surface area is 249 Å². The van der Waals surface area contributed by atoms with Crippen LogP contribution >= 0.6 is 24.0 Å². The highest BCUT2D eigenvalue weighted by Gasteiger charge is 2.36. The number of aryl methyl sites for hydroxylation is 1. The van der Waals surface area contributed by atoms with E-state index in [0.29, 0.717) is 26.3 Å². The van der Waals surface area contributed by atoms with E-state index in [-0.39, 0.29) is 17.5 Å². The Balaban J connectivity index is 1.33. The topological polar surface area (TPSA) is 61.2 Å². The molecule has 208 valence electrons. The van der Waals surface area contributed by atoms with Crippen molar-refractivity contribution >= 4 is 51.7 Å². The maximum atomic E-state index is 13.9. The molecule has 0 aliphatic carbocycles. The predicted molar refractivity (Wildman–Crippen MR) is 170 cm³/mol. The number of thiocarbonyl (C=S) groups is 1. The van der Waals surface area contributed by atoms with E-state index in [9.17, 15) is 9.59 Å². The van der Waals surface area contributed by atoms with Crippen LogP contribution in [0.2, 0.25) is 0 Å². The van der Waals surface area contributed by atoms with Crippen LogP contribution in [0, 0.1) is 6.92 Å². The van der Waals surface area contributed by atoms with Crippen molar-refractivity contribution in [3.05, 3.63) is 117 Å². The van der Waals surface area contributed by atoms with Crippen molar-refractivity contribution < 1.29 is 4.79 Å². The minimum atomic E-state index is -0.217. The number of pyridine rings is 1. The standard InChI is InChI=1S/C32H31N5O2S2/c1-22-13-14-28-33-29(35-17-15-34(16-18-35)21-24-9-5-3-6-10-24)26(30(38)36(28)20-22)19-27-31(39)37(32(40)41-27)23(2)25-11-7-4-8-12-25/h3-14,19-20,23H,15-18,21H2,1-2H3/b27-19-. The summed E-state index contributed by atoms with van der Waals surface area (Å²) in [6, 6.07) is 23.9. The molecular weight excluding hydrogens is 551 g/mol. The number of carbonyl (C=O) groups excluding carboxylic acids is 1. The van der Waals surface area contributed by atoms with Gasteiger partial charge in [-0.15, -0.1) is 0 Å². The summed E-state index contributed by atoms with van der Waals surface area (Å²) in [7, 11) is 0. The van der Waals surface area contributed by atoms with E-state index >= 15 is 0 Å². The first kappa shape index (κ1) is 27.4. The second kappa shape index (κ2) is 11.6. The second-order valence-corrected chi connectivity index (χ2v) is 12.2. The average molecular weight is 582 g/mol. The number of rotatable bonds is 6. The van der Waals surface area contributed by atoms with Crippen molar-refractivity contribution in [3.63, 3.8) is 0 Å². The van der Waals surface area contributed by atoms with Crippen molar-refractivity contribution in [2.45, 2.75) is 26.4 Å². The fourth-order valence-corrected chi connectivity index (χ4v) is 6.80. The van der Waals surface area contributed by atoms with Crippen LogP contribution in [0.5, 0.6) is 0 Å². The summed E-state index contributed by atoms with van der Waals surface area (Å²) in [5, 5.41) is 0. The van der Waals surface area contributed by atoms with Crippen LogP contribution in [-0.4, -0.2) is 55.6 Å². The van der Waals surface area contributed by atoms with E-state index < -0.39 is 0 Å². The number of thioether (sulfide) groups is 1. The highest BCUT2D eigenvalue weighted by Crippen LogP contribution is 2.38. The van der Waals surface area contributed by atoms with E-state index in [0.717, 1.165) is 43.9 Å². The fourth-order valence-electron chi connectivity index (χ4n) is 5.40. The monoisotopic (exact) mass is 581 g/mol. The van der Waals surface area contributed by atoms with Crippen molar-refractivity contribution in [3.8, 4) is 0 Å². The molecule has 2 aliphatic rings. The summed E-state index contributed by atoms with van der Waals surface area (Å²) in [6.07, 6.45) is 3.50. The Morgan fingerprint density at radius 2 is 1.63 bits per heavy atom. The molecule has 0 spiro atoms. The Morgan fingerprint density at radius 1 is 0.951 bits per heavy atom. The molecule has 2 saturated heterocycles. The molecule has 9 heteroatoms. The SMILES string of the molecule is Cc1ccc2nc(N3CCN(Cc4ccccc4)CC3)c(/C=C3\SC(=S)N(C(C)c4ccccc4)C3=O)c(=O)n2c1. The third-order valence-electron chi connectivity index (χ3n) is 7.67. The van der Waals surface area contributed by atoms with Gasteiger partial charge in [-0.1, -0.05) is 90.7 Å². The lowest BCUT2D eigenvalue weighted by molar-refractivity contribution is -0.123. The van der Waals surface area contributed by atoms with E-state index in [4.69, 9.17) is 17.2 Å². The number of aromatic nitrogens is 2. The van der Waals surface area contributed by atoms with Gasteiger partial charge in [-0.25, -0.2) is 4.98 Å². The summed E-state index contributed by atoms with van der Waals surface area (Å²) < 4.78 is 2.06. The molecule has 0 bridgehead atoms.